The topological polar surface area (TPSA) is 59.6 Å². The summed E-state index contributed by atoms with van der Waals surface area (Å²) in [5.74, 6) is 2.02. The fourth-order valence-electron chi connectivity index (χ4n) is 3.10. The van der Waals surface area contributed by atoms with E-state index < -0.39 is 0 Å². The molecule has 2 N–H and O–H groups in total. The van der Waals surface area contributed by atoms with Crippen molar-refractivity contribution in [2.45, 2.75) is 39.5 Å². The highest BCUT2D eigenvalue weighted by Crippen LogP contribution is 2.34. The van der Waals surface area contributed by atoms with Gasteiger partial charge >= 0.3 is 0 Å². The third kappa shape index (κ3) is 3.93. The van der Waals surface area contributed by atoms with E-state index in [1.54, 1.807) is 12.1 Å². The lowest BCUT2D eigenvalue weighted by Gasteiger charge is -2.20. The van der Waals surface area contributed by atoms with Crippen LogP contribution in [0.1, 0.15) is 50.7 Å². The number of amides is 1. The molecule has 0 saturated carbocycles. The molecule has 1 aliphatic heterocycles. The van der Waals surface area contributed by atoms with Crippen LogP contribution in [0.15, 0.2) is 36.4 Å². The highest BCUT2D eigenvalue weighted by Gasteiger charge is 2.16. The average molecular weight is 354 g/mol. The first-order chi connectivity index (χ1) is 12.5. The zero-order chi connectivity index (χ0) is 18.7. The second-order valence-electron chi connectivity index (χ2n) is 7.09. The molecule has 1 amide bonds. The quantitative estimate of drug-likeness (QED) is 0.788. The van der Waals surface area contributed by atoms with Gasteiger partial charge in [-0.15, -0.1) is 0 Å². The summed E-state index contributed by atoms with van der Waals surface area (Å²) in [6.07, 6.45) is 0. The smallest absolute Gasteiger partial charge is 0.243 e. The number of fused-ring (bicyclic) bond motifs is 1. The van der Waals surface area contributed by atoms with Gasteiger partial charge in [-0.25, -0.2) is 0 Å². The highest BCUT2D eigenvalue weighted by molar-refractivity contribution is 5.94. The molecule has 3 rings (SSSR count). The van der Waals surface area contributed by atoms with E-state index >= 15 is 0 Å². The number of para-hydroxylation sites is 1. The SMILES string of the molecule is CC(C)c1cccc(C(C)C)c1NCC(=O)Nc1ccc2c(c1)OCO2. The number of carbonyl (C=O) groups is 1. The maximum absolute atomic E-state index is 12.4. The molecular formula is C21H26N2O3. The van der Waals surface area contributed by atoms with Gasteiger partial charge in [0, 0.05) is 17.4 Å². The number of hydrogen-bond acceptors (Lipinski definition) is 4. The molecule has 0 unspecified atom stereocenters. The van der Waals surface area contributed by atoms with E-state index in [0.717, 1.165) is 5.69 Å². The fourth-order valence-corrected chi connectivity index (χ4v) is 3.10. The summed E-state index contributed by atoms with van der Waals surface area (Å²) < 4.78 is 10.6. The molecule has 0 fully saturated rings. The van der Waals surface area contributed by atoms with Gasteiger partial charge in [0.1, 0.15) is 0 Å². The molecule has 5 heteroatoms. The molecule has 0 atom stereocenters. The molecule has 0 spiro atoms. The molecule has 5 nitrogen and oxygen atoms in total. The number of anilines is 2. The molecule has 0 saturated heterocycles. The Morgan fingerprint density at radius 2 is 1.65 bits per heavy atom. The Kier molecular flexibility index (Phi) is 5.35. The Morgan fingerprint density at radius 1 is 1.00 bits per heavy atom. The molecule has 0 aliphatic carbocycles. The second kappa shape index (κ2) is 7.68. The van der Waals surface area contributed by atoms with Gasteiger partial charge in [-0.3, -0.25) is 4.79 Å². The minimum atomic E-state index is -0.0999. The molecule has 0 aromatic heterocycles. The van der Waals surface area contributed by atoms with Gasteiger partial charge in [-0.05, 0) is 35.1 Å². The minimum absolute atomic E-state index is 0.0999. The van der Waals surface area contributed by atoms with Gasteiger partial charge < -0.3 is 20.1 Å². The van der Waals surface area contributed by atoms with Gasteiger partial charge in [0.15, 0.2) is 11.5 Å². The number of rotatable bonds is 6. The highest BCUT2D eigenvalue weighted by atomic mass is 16.7. The van der Waals surface area contributed by atoms with E-state index in [-0.39, 0.29) is 19.2 Å². The van der Waals surface area contributed by atoms with Gasteiger partial charge in [0.2, 0.25) is 12.7 Å². The van der Waals surface area contributed by atoms with Crippen molar-refractivity contribution in [3.8, 4) is 11.5 Å². The first-order valence-electron chi connectivity index (χ1n) is 9.02. The van der Waals surface area contributed by atoms with Crippen molar-refractivity contribution >= 4 is 17.3 Å². The maximum Gasteiger partial charge on any atom is 0.243 e. The molecule has 2 aromatic carbocycles. The van der Waals surface area contributed by atoms with Crippen LogP contribution in [-0.2, 0) is 4.79 Å². The van der Waals surface area contributed by atoms with Crippen molar-refractivity contribution < 1.29 is 14.3 Å². The summed E-state index contributed by atoms with van der Waals surface area (Å²) >= 11 is 0. The summed E-state index contributed by atoms with van der Waals surface area (Å²) in [4.78, 5) is 12.4. The third-order valence-corrected chi connectivity index (χ3v) is 4.45. The van der Waals surface area contributed by atoms with Crippen LogP contribution in [0.2, 0.25) is 0 Å². The normalized spacial score (nSPS) is 12.5. The largest absolute Gasteiger partial charge is 0.454 e. The molecule has 1 aliphatic rings. The van der Waals surface area contributed by atoms with Crippen LogP contribution >= 0.6 is 0 Å². The summed E-state index contributed by atoms with van der Waals surface area (Å²) in [7, 11) is 0. The molecule has 0 bridgehead atoms. The van der Waals surface area contributed by atoms with E-state index in [0.29, 0.717) is 29.0 Å². The first-order valence-corrected chi connectivity index (χ1v) is 9.02. The molecule has 1 heterocycles. The first kappa shape index (κ1) is 18.1. The number of hydrogen-bond donors (Lipinski definition) is 2. The van der Waals surface area contributed by atoms with Gasteiger partial charge in [-0.1, -0.05) is 45.9 Å². The Balaban J connectivity index is 1.69. The van der Waals surface area contributed by atoms with Gasteiger partial charge in [0.25, 0.3) is 0 Å². The predicted molar refractivity (Wildman–Crippen MR) is 104 cm³/mol. The minimum Gasteiger partial charge on any atom is -0.454 e. The fraction of sp³-hybridized carbons (Fsp3) is 0.381. The van der Waals surface area contributed by atoms with E-state index in [9.17, 15) is 4.79 Å². The van der Waals surface area contributed by atoms with Crippen molar-refractivity contribution in [1.82, 2.24) is 0 Å². The lowest BCUT2D eigenvalue weighted by atomic mass is 9.92. The molecular weight excluding hydrogens is 328 g/mol. The number of ether oxygens (including phenoxy) is 2. The van der Waals surface area contributed by atoms with Crippen LogP contribution < -0.4 is 20.1 Å². The summed E-state index contributed by atoms with van der Waals surface area (Å²) in [6, 6.07) is 11.7. The van der Waals surface area contributed by atoms with E-state index in [2.05, 4.69) is 56.5 Å². The maximum atomic E-state index is 12.4. The van der Waals surface area contributed by atoms with Gasteiger partial charge in [0.05, 0.1) is 6.54 Å². The van der Waals surface area contributed by atoms with Gasteiger partial charge in [-0.2, -0.15) is 0 Å². The lowest BCUT2D eigenvalue weighted by Crippen LogP contribution is -2.23. The van der Waals surface area contributed by atoms with Crippen LogP contribution in [0.3, 0.4) is 0 Å². The predicted octanol–water partition coefficient (Wildman–Crippen LogP) is 4.71. The number of nitrogens with one attached hydrogen (secondary N) is 2. The molecule has 2 aromatic rings. The van der Waals surface area contributed by atoms with Crippen molar-refractivity contribution in [2.75, 3.05) is 24.0 Å². The Hall–Kier alpha value is -2.69. The zero-order valence-corrected chi connectivity index (χ0v) is 15.8. The van der Waals surface area contributed by atoms with Crippen molar-refractivity contribution in [3.05, 3.63) is 47.5 Å². The van der Waals surface area contributed by atoms with Crippen LogP contribution in [0.25, 0.3) is 0 Å². The van der Waals surface area contributed by atoms with E-state index in [4.69, 9.17) is 9.47 Å². The van der Waals surface area contributed by atoms with Crippen LogP contribution in [0, 0.1) is 0 Å². The Bertz CT molecular complexity index is 774. The third-order valence-electron chi connectivity index (χ3n) is 4.45. The monoisotopic (exact) mass is 354 g/mol. The van der Waals surface area contributed by atoms with Crippen molar-refractivity contribution in [2.24, 2.45) is 0 Å². The van der Waals surface area contributed by atoms with Crippen molar-refractivity contribution in [1.29, 1.82) is 0 Å². The molecule has 0 radical (unpaired) electrons. The summed E-state index contributed by atoms with van der Waals surface area (Å²) in [5, 5.41) is 6.25. The van der Waals surface area contributed by atoms with Crippen molar-refractivity contribution in [3.63, 3.8) is 0 Å². The molecule has 138 valence electrons. The number of benzene rings is 2. The van der Waals surface area contributed by atoms with Crippen LogP contribution in [0.4, 0.5) is 11.4 Å². The molecule has 26 heavy (non-hydrogen) atoms. The average Bonchev–Trinajstić information content (AvgIpc) is 3.07. The Morgan fingerprint density at radius 3 is 2.31 bits per heavy atom. The Labute approximate surface area is 154 Å². The van der Waals surface area contributed by atoms with E-state index in [1.165, 1.54) is 11.1 Å². The van der Waals surface area contributed by atoms with Crippen LogP contribution in [0.5, 0.6) is 11.5 Å². The van der Waals surface area contributed by atoms with E-state index in [1.807, 2.05) is 6.07 Å². The summed E-state index contributed by atoms with van der Waals surface area (Å²) in [6.45, 7) is 9.08. The number of carbonyl (C=O) groups excluding carboxylic acids is 1. The van der Waals surface area contributed by atoms with Crippen LogP contribution in [-0.4, -0.2) is 19.2 Å². The zero-order valence-electron chi connectivity index (χ0n) is 15.8. The second-order valence-corrected chi connectivity index (χ2v) is 7.09. The lowest BCUT2D eigenvalue weighted by molar-refractivity contribution is -0.114. The summed E-state index contributed by atoms with van der Waals surface area (Å²) in [5.41, 5.74) is 4.22. The standard InChI is InChI=1S/C21H26N2O3/c1-13(2)16-6-5-7-17(14(3)4)21(16)22-11-20(24)23-15-8-9-18-19(10-15)26-12-25-18/h5-10,13-14,22H,11-12H2,1-4H3,(H,23,24).